The number of ether oxygens (including phenoxy) is 1. The number of nitrogens with one attached hydrogen (secondary N) is 3. The number of nitrogens with zero attached hydrogens (tertiary/aromatic N) is 1. The third kappa shape index (κ3) is 3.68. The van der Waals surface area contributed by atoms with Gasteiger partial charge in [-0.2, -0.15) is 5.10 Å². The molecule has 0 saturated carbocycles. The van der Waals surface area contributed by atoms with Crippen molar-refractivity contribution in [2.45, 2.75) is 26.2 Å². The van der Waals surface area contributed by atoms with Crippen LogP contribution >= 0.6 is 0 Å². The number of H-pyrrole nitrogens is 1. The van der Waals surface area contributed by atoms with Crippen molar-refractivity contribution >= 4 is 11.6 Å². The van der Waals surface area contributed by atoms with Crippen molar-refractivity contribution in [3.05, 3.63) is 70.9 Å². The van der Waals surface area contributed by atoms with Gasteiger partial charge >= 0.3 is 0 Å². The Morgan fingerprint density at radius 3 is 3.12 bits per heavy atom. The van der Waals surface area contributed by atoms with Gasteiger partial charge in [-0.25, -0.2) is 0 Å². The topological polar surface area (TPSA) is 92.2 Å². The van der Waals surface area contributed by atoms with Gasteiger partial charge in [-0.05, 0) is 29.8 Å². The van der Waals surface area contributed by atoms with Gasteiger partial charge in [0.05, 0.1) is 12.9 Å². The van der Waals surface area contributed by atoms with Crippen LogP contribution in [-0.2, 0) is 30.9 Å². The molecular formula is C19H20N4O3. The molecule has 3 heterocycles. The van der Waals surface area contributed by atoms with E-state index in [9.17, 15) is 4.79 Å². The fourth-order valence-corrected chi connectivity index (χ4v) is 3.01. The summed E-state index contributed by atoms with van der Waals surface area (Å²) in [6.07, 6.45) is 2.48. The van der Waals surface area contributed by atoms with Crippen LogP contribution in [0.4, 0.5) is 5.69 Å². The Hall–Kier alpha value is -2.90. The van der Waals surface area contributed by atoms with Crippen molar-refractivity contribution < 1.29 is 13.9 Å². The summed E-state index contributed by atoms with van der Waals surface area (Å²) in [4.78, 5) is 12.6. The lowest BCUT2D eigenvalue weighted by molar-refractivity contribution is 0.0929. The van der Waals surface area contributed by atoms with Crippen LogP contribution in [-0.4, -0.2) is 22.6 Å². The highest BCUT2D eigenvalue weighted by Crippen LogP contribution is 2.18. The van der Waals surface area contributed by atoms with Gasteiger partial charge < -0.3 is 19.8 Å². The van der Waals surface area contributed by atoms with Crippen molar-refractivity contribution in [3.63, 3.8) is 0 Å². The predicted octanol–water partition coefficient (Wildman–Crippen LogP) is 2.62. The maximum absolute atomic E-state index is 12.6. The van der Waals surface area contributed by atoms with E-state index >= 15 is 0 Å². The molecule has 3 aromatic rings. The average molecular weight is 352 g/mol. The highest BCUT2D eigenvalue weighted by molar-refractivity contribution is 6.04. The standard InChI is InChI=1S/C19H20N4O3/c24-19(18-16-10-20-7-6-17(16)22-23-18)21-14-4-1-3-13(9-14)11-25-12-15-5-2-8-26-15/h1-5,8-9,20H,6-7,10-12H2,(H,21,24)(H,22,23). The van der Waals surface area contributed by atoms with Crippen molar-refractivity contribution in [1.29, 1.82) is 0 Å². The number of hydrogen-bond acceptors (Lipinski definition) is 5. The van der Waals surface area contributed by atoms with E-state index in [1.807, 2.05) is 36.4 Å². The lowest BCUT2D eigenvalue weighted by Crippen LogP contribution is -2.25. The van der Waals surface area contributed by atoms with Gasteiger partial charge in [0, 0.05) is 36.5 Å². The van der Waals surface area contributed by atoms with E-state index in [0.29, 0.717) is 25.5 Å². The Balaban J connectivity index is 1.38. The lowest BCUT2D eigenvalue weighted by atomic mass is 10.1. The van der Waals surface area contributed by atoms with Crippen LogP contribution in [0.3, 0.4) is 0 Å². The smallest absolute Gasteiger partial charge is 0.276 e. The number of anilines is 1. The molecule has 1 aliphatic rings. The molecule has 0 aliphatic carbocycles. The fraction of sp³-hybridized carbons (Fsp3) is 0.263. The largest absolute Gasteiger partial charge is 0.467 e. The molecule has 0 saturated heterocycles. The number of carbonyl (C=O) groups excluding carboxylic acids is 1. The molecule has 1 aliphatic heterocycles. The molecule has 1 aromatic carbocycles. The number of benzene rings is 1. The van der Waals surface area contributed by atoms with Gasteiger partial charge in [-0.1, -0.05) is 12.1 Å². The van der Waals surface area contributed by atoms with Gasteiger partial charge in [-0.15, -0.1) is 0 Å². The Morgan fingerprint density at radius 2 is 2.23 bits per heavy atom. The van der Waals surface area contributed by atoms with Gasteiger partial charge in [-0.3, -0.25) is 9.89 Å². The average Bonchev–Trinajstić information content (AvgIpc) is 3.31. The summed E-state index contributed by atoms with van der Waals surface area (Å²) in [5.74, 6) is 0.575. The van der Waals surface area contributed by atoms with Gasteiger partial charge in [0.2, 0.25) is 0 Å². The van der Waals surface area contributed by atoms with E-state index in [4.69, 9.17) is 9.15 Å². The van der Waals surface area contributed by atoms with E-state index in [1.165, 1.54) is 0 Å². The molecule has 134 valence electrons. The molecule has 26 heavy (non-hydrogen) atoms. The zero-order chi connectivity index (χ0) is 17.8. The van der Waals surface area contributed by atoms with E-state index in [2.05, 4.69) is 20.8 Å². The first-order valence-electron chi connectivity index (χ1n) is 8.57. The Bertz CT molecular complexity index is 886. The molecule has 0 unspecified atom stereocenters. The number of amides is 1. The second kappa shape index (κ2) is 7.55. The maximum atomic E-state index is 12.6. The first-order chi connectivity index (χ1) is 12.8. The molecule has 0 bridgehead atoms. The third-order valence-corrected chi connectivity index (χ3v) is 4.30. The monoisotopic (exact) mass is 352 g/mol. The molecule has 0 atom stereocenters. The van der Waals surface area contributed by atoms with Crippen molar-refractivity contribution in [2.24, 2.45) is 0 Å². The molecule has 7 heteroatoms. The van der Waals surface area contributed by atoms with E-state index in [0.717, 1.165) is 41.2 Å². The van der Waals surface area contributed by atoms with Crippen LogP contribution in [0.15, 0.2) is 47.1 Å². The van der Waals surface area contributed by atoms with Crippen LogP contribution in [0.5, 0.6) is 0 Å². The summed E-state index contributed by atoms with van der Waals surface area (Å²) in [7, 11) is 0. The summed E-state index contributed by atoms with van der Waals surface area (Å²) in [6.45, 7) is 2.41. The minimum Gasteiger partial charge on any atom is -0.467 e. The number of hydrogen-bond donors (Lipinski definition) is 3. The number of rotatable bonds is 6. The number of aromatic amines is 1. The normalized spacial score (nSPS) is 13.4. The summed E-state index contributed by atoms with van der Waals surface area (Å²) < 4.78 is 10.9. The van der Waals surface area contributed by atoms with E-state index in [1.54, 1.807) is 6.26 Å². The molecule has 1 amide bonds. The molecule has 0 fully saturated rings. The van der Waals surface area contributed by atoms with E-state index < -0.39 is 0 Å². The van der Waals surface area contributed by atoms with Gasteiger partial charge in [0.1, 0.15) is 12.4 Å². The van der Waals surface area contributed by atoms with Crippen molar-refractivity contribution in [3.8, 4) is 0 Å². The highest BCUT2D eigenvalue weighted by atomic mass is 16.5. The Labute approximate surface area is 150 Å². The molecule has 0 spiro atoms. The predicted molar refractivity (Wildman–Crippen MR) is 95.6 cm³/mol. The van der Waals surface area contributed by atoms with Crippen LogP contribution in [0.2, 0.25) is 0 Å². The highest BCUT2D eigenvalue weighted by Gasteiger charge is 2.21. The molecule has 2 aromatic heterocycles. The molecule has 0 radical (unpaired) electrons. The lowest BCUT2D eigenvalue weighted by Gasteiger charge is -2.13. The van der Waals surface area contributed by atoms with Crippen LogP contribution in [0.1, 0.15) is 33.1 Å². The summed E-state index contributed by atoms with van der Waals surface area (Å²) in [5.41, 5.74) is 4.13. The van der Waals surface area contributed by atoms with Crippen LogP contribution < -0.4 is 10.6 Å². The number of furan rings is 1. The third-order valence-electron chi connectivity index (χ3n) is 4.30. The number of fused-ring (bicyclic) bond motifs is 1. The first kappa shape index (κ1) is 16.6. The zero-order valence-electron chi connectivity index (χ0n) is 14.2. The molecule has 4 rings (SSSR count). The van der Waals surface area contributed by atoms with Crippen molar-refractivity contribution in [1.82, 2.24) is 15.5 Å². The van der Waals surface area contributed by atoms with Crippen LogP contribution in [0, 0.1) is 0 Å². The van der Waals surface area contributed by atoms with Gasteiger partial charge in [0.15, 0.2) is 5.69 Å². The second-order valence-corrected chi connectivity index (χ2v) is 6.18. The summed E-state index contributed by atoms with van der Waals surface area (Å²) >= 11 is 0. The quantitative estimate of drug-likeness (QED) is 0.634. The second-order valence-electron chi connectivity index (χ2n) is 6.18. The maximum Gasteiger partial charge on any atom is 0.276 e. The fourth-order valence-electron chi connectivity index (χ4n) is 3.01. The molecular weight excluding hydrogens is 332 g/mol. The SMILES string of the molecule is O=C(Nc1cccc(COCc2ccco2)c1)c1n[nH]c2c1CNCC2. The zero-order valence-corrected chi connectivity index (χ0v) is 14.2. The minimum atomic E-state index is -0.208. The Morgan fingerprint density at radius 1 is 1.27 bits per heavy atom. The molecule has 3 N–H and O–H groups in total. The van der Waals surface area contributed by atoms with Crippen molar-refractivity contribution in [2.75, 3.05) is 11.9 Å². The summed E-state index contributed by atoms with van der Waals surface area (Å²) in [6, 6.07) is 11.3. The van der Waals surface area contributed by atoms with Gasteiger partial charge in [0.25, 0.3) is 5.91 Å². The summed E-state index contributed by atoms with van der Waals surface area (Å²) in [5, 5.41) is 13.3. The molecule has 7 nitrogen and oxygen atoms in total. The number of aromatic nitrogens is 2. The van der Waals surface area contributed by atoms with Crippen LogP contribution in [0.25, 0.3) is 0 Å². The number of carbonyl (C=O) groups is 1. The van der Waals surface area contributed by atoms with E-state index in [-0.39, 0.29) is 5.91 Å². The minimum absolute atomic E-state index is 0.208. The first-order valence-corrected chi connectivity index (χ1v) is 8.57. The Kier molecular flexibility index (Phi) is 4.81.